The Bertz CT molecular complexity index is 716. The van der Waals surface area contributed by atoms with Crippen molar-refractivity contribution in [1.29, 1.82) is 0 Å². The Kier molecular flexibility index (Phi) is 5.33. The van der Waals surface area contributed by atoms with Crippen molar-refractivity contribution in [3.8, 4) is 0 Å². The number of anilines is 1. The van der Waals surface area contributed by atoms with Crippen LogP contribution in [0.1, 0.15) is 35.4 Å². The summed E-state index contributed by atoms with van der Waals surface area (Å²) in [4.78, 5) is 30.2. The van der Waals surface area contributed by atoms with Gasteiger partial charge in [-0.15, -0.1) is 0 Å². The van der Waals surface area contributed by atoms with Gasteiger partial charge in [0.15, 0.2) is 0 Å². The summed E-state index contributed by atoms with van der Waals surface area (Å²) in [7, 11) is 1.62. The standard InChI is InChI=1S/C17H23N5O2/c1-10-6-7-14(18-8-10)19-15(23)9-22(5)17(24)11(2)16-12(3)20-21-13(16)4/h6-8,11H,9H2,1-5H3,(H,20,21)(H,18,19,23)/t11-/m1/s1. The number of aromatic nitrogens is 3. The first-order valence-electron chi connectivity index (χ1n) is 7.78. The molecular formula is C17H23N5O2. The third-order valence-corrected chi connectivity index (χ3v) is 3.92. The lowest BCUT2D eigenvalue weighted by atomic mass is 9.98. The number of aromatic amines is 1. The topological polar surface area (TPSA) is 91.0 Å². The molecule has 0 aliphatic carbocycles. The van der Waals surface area contributed by atoms with Gasteiger partial charge in [-0.3, -0.25) is 14.7 Å². The molecule has 0 bridgehead atoms. The molecule has 0 radical (unpaired) electrons. The summed E-state index contributed by atoms with van der Waals surface area (Å²) in [5.74, 6) is -0.301. The molecule has 2 amide bonds. The quantitative estimate of drug-likeness (QED) is 0.877. The lowest BCUT2D eigenvalue weighted by Gasteiger charge is -2.21. The fraction of sp³-hybridized carbons (Fsp3) is 0.412. The predicted molar refractivity (Wildman–Crippen MR) is 91.7 cm³/mol. The van der Waals surface area contributed by atoms with Gasteiger partial charge in [0.05, 0.1) is 18.2 Å². The van der Waals surface area contributed by atoms with Gasteiger partial charge in [0.2, 0.25) is 11.8 Å². The second-order valence-corrected chi connectivity index (χ2v) is 6.03. The molecule has 1 atom stereocenters. The van der Waals surface area contributed by atoms with E-state index < -0.39 is 0 Å². The van der Waals surface area contributed by atoms with Crippen LogP contribution in [0, 0.1) is 20.8 Å². The summed E-state index contributed by atoms with van der Waals surface area (Å²) in [5, 5.41) is 9.69. The second kappa shape index (κ2) is 7.25. The fourth-order valence-corrected chi connectivity index (χ4v) is 2.67. The maximum atomic E-state index is 12.6. The van der Waals surface area contributed by atoms with Gasteiger partial charge in [0.25, 0.3) is 0 Å². The molecule has 128 valence electrons. The maximum Gasteiger partial charge on any atom is 0.245 e. The molecule has 24 heavy (non-hydrogen) atoms. The van der Waals surface area contributed by atoms with Gasteiger partial charge >= 0.3 is 0 Å². The number of hydrogen-bond donors (Lipinski definition) is 2. The normalized spacial score (nSPS) is 11.9. The van der Waals surface area contributed by atoms with Crippen molar-refractivity contribution >= 4 is 17.6 Å². The van der Waals surface area contributed by atoms with Crippen molar-refractivity contribution in [2.24, 2.45) is 0 Å². The highest BCUT2D eigenvalue weighted by atomic mass is 16.2. The lowest BCUT2D eigenvalue weighted by Crippen LogP contribution is -2.37. The zero-order valence-corrected chi connectivity index (χ0v) is 14.7. The van der Waals surface area contributed by atoms with E-state index in [2.05, 4.69) is 20.5 Å². The highest BCUT2D eigenvalue weighted by Gasteiger charge is 2.25. The number of nitrogens with one attached hydrogen (secondary N) is 2. The molecule has 2 aromatic heterocycles. The van der Waals surface area contributed by atoms with Crippen LogP contribution in [0.3, 0.4) is 0 Å². The lowest BCUT2D eigenvalue weighted by molar-refractivity contribution is -0.134. The molecule has 2 aromatic rings. The van der Waals surface area contributed by atoms with Crippen LogP contribution in [-0.4, -0.2) is 45.5 Å². The molecule has 0 saturated heterocycles. The van der Waals surface area contributed by atoms with E-state index in [1.807, 2.05) is 33.8 Å². The molecule has 0 aliphatic rings. The Morgan fingerprint density at radius 1 is 1.29 bits per heavy atom. The van der Waals surface area contributed by atoms with Crippen LogP contribution >= 0.6 is 0 Å². The second-order valence-electron chi connectivity index (χ2n) is 6.03. The Morgan fingerprint density at radius 2 is 2.00 bits per heavy atom. The van der Waals surface area contributed by atoms with Gasteiger partial charge in [-0.2, -0.15) is 5.10 Å². The number of aryl methyl sites for hydroxylation is 3. The third-order valence-electron chi connectivity index (χ3n) is 3.92. The summed E-state index contributed by atoms with van der Waals surface area (Å²) in [6.07, 6.45) is 1.68. The first-order chi connectivity index (χ1) is 11.3. The average Bonchev–Trinajstić information content (AvgIpc) is 2.87. The fourth-order valence-electron chi connectivity index (χ4n) is 2.67. The molecule has 2 N–H and O–H groups in total. The van der Waals surface area contributed by atoms with Crippen LogP contribution in [-0.2, 0) is 9.59 Å². The number of amides is 2. The molecule has 0 spiro atoms. The molecule has 0 unspecified atom stereocenters. The summed E-state index contributed by atoms with van der Waals surface area (Å²) in [6, 6.07) is 3.60. The van der Waals surface area contributed by atoms with Gasteiger partial charge in [-0.1, -0.05) is 6.07 Å². The zero-order chi connectivity index (χ0) is 17.9. The van der Waals surface area contributed by atoms with E-state index in [-0.39, 0.29) is 24.3 Å². The Hall–Kier alpha value is -2.70. The van der Waals surface area contributed by atoms with E-state index in [1.165, 1.54) is 4.90 Å². The van der Waals surface area contributed by atoms with Crippen molar-refractivity contribution in [1.82, 2.24) is 20.1 Å². The largest absolute Gasteiger partial charge is 0.336 e. The molecule has 2 heterocycles. The summed E-state index contributed by atoms with van der Waals surface area (Å²) >= 11 is 0. The molecule has 0 aromatic carbocycles. The minimum Gasteiger partial charge on any atom is -0.336 e. The van der Waals surface area contributed by atoms with Crippen LogP contribution in [0.25, 0.3) is 0 Å². The van der Waals surface area contributed by atoms with E-state index in [0.29, 0.717) is 5.82 Å². The SMILES string of the molecule is Cc1ccc(NC(=O)CN(C)C(=O)[C@H](C)c2c(C)n[nH]c2C)nc1. The molecule has 0 fully saturated rings. The van der Waals surface area contributed by atoms with Gasteiger partial charge in [0, 0.05) is 24.5 Å². The van der Waals surface area contributed by atoms with Crippen LogP contribution in [0.4, 0.5) is 5.82 Å². The van der Waals surface area contributed by atoms with Gasteiger partial charge < -0.3 is 10.2 Å². The van der Waals surface area contributed by atoms with Crippen molar-refractivity contribution < 1.29 is 9.59 Å². The number of rotatable bonds is 5. The minimum absolute atomic E-state index is 0.0331. The van der Waals surface area contributed by atoms with Gasteiger partial charge in [-0.05, 0) is 39.3 Å². The maximum absolute atomic E-state index is 12.6. The molecular weight excluding hydrogens is 306 g/mol. The van der Waals surface area contributed by atoms with Crippen LogP contribution in [0.2, 0.25) is 0 Å². The van der Waals surface area contributed by atoms with Crippen molar-refractivity contribution in [3.05, 3.63) is 40.8 Å². The molecule has 7 heteroatoms. The van der Waals surface area contributed by atoms with Gasteiger partial charge in [0.1, 0.15) is 5.82 Å². The first-order valence-corrected chi connectivity index (χ1v) is 7.78. The zero-order valence-electron chi connectivity index (χ0n) is 14.7. The van der Waals surface area contributed by atoms with Gasteiger partial charge in [-0.25, -0.2) is 4.98 Å². The summed E-state index contributed by atoms with van der Waals surface area (Å²) in [6.45, 7) is 7.46. The summed E-state index contributed by atoms with van der Waals surface area (Å²) in [5.41, 5.74) is 3.57. The smallest absolute Gasteiger partial charge is 0.245 e. The van der Waals surface area contributed by atoms with Crippen LogP contribution < -0.4 is 5.32 Å². The number of carbonyl (C=O) groups excluding carboxylic acids is 2. The highest BCUT2D eigenvalue weighted by Crippen LogP contribution is 2.23. The Balaban J connectivity index is 1.98. The van der Waals surface area contributed by atoms with Crippen LogP contribution in [0.5, 0.6) is 0 Å². The average molecular weight is 329 g/mol. The molecule has 0 aliphatic heterocycles. The Morgan fingerprint density at radius 3 is 2.54 bits per heavy atom. The number of likely N-dealkylation sites (N-methyl/N-ethyl adjacent to an activating group) is 1. The van der Waals surface area contributed by atoms with Crippen molar-refractivity contribution in [2.45, 2.75) is 33.6 Å². The number of H-pyrrole nitrogens is 1. The monoisotopic (exact) mass is 329 g/mol. The molecule has 0 saturated carbocycles. The van der Waals surface area contributed by atoms with E-state index in [1.54, 1.807) is 19.3 Å². The predicted octanol–water partition coefficient (Wildman–Crippen LogP) is 1.93. The summed E-state index contributed by atoms with van der Waals surface area (Å²) < 4.78 is 0. The third kappa shape index (κ3) is 3.98. The van der Waals surface area contributed by atoms with E-state index >= 15 is 0 Å². The number of pyridine rings is 1. The minimum atomic E-state index is -0.362. The first kappa shape index (κ1) is 17.7. The highest BCUT2D eigenvalue weighted by molar-refractivity contribution is 5.94. The van der Waals surface area contributed by atoms with E-state index in [9.17, 15) is 9.59 Å². The number of nitrogens with zero attached hydrogens (tertiary/aromatic N) is 3. The molecule has 7 nitrogen and oxygen atoms in total. The Labute approximate surface area is 141 Å². The van der Waals surface area contributed by atoms with E-state index in [0.717, 1.165) is 22.5 Å². The number of carbonyl (C=O) groups is 2. The van der Waals surface area contributed by atoms with Crippen LogP contribution in [0.15, 0.2) is 18.3 Å². The molecule has 2 rings (SSSR count). The van der Waals surface area contributed by atoms with E-state index in [4.69, 9.17) is 0 Å². The van der Waals surface area contributed by atoms with Crippen molar-refractivity contribution in [3.63, 3.8) is 0 Å². The van der Waals surface area contributed by atoms with Crippen molar-refractivity contribution in [2.75, 3.05) is 18.9 Å². The number of hydrogen-bond acceptors (Lipinski definition) is 4.